The smallest absolute Gasteiger partial charge is 0.201 e. The molecule has 2 aliphatic carbocycles. The van der Waals surface area contributed by atoms with Gasteiger partial charge in [0.15, 0.2) is 11.5 Å². The lowest BCUT2D eigenvalue weighted by atomic mass is 9.63. The molecule has 0 spiro atoms. The monoisotopic (exact) mass is 646 g/mol. The molecule has 0 fully saturated rings. The number of aryl methyl sites for hydroxylation is 2. The molecular weight excluding hydrogens is 630 g/mol. The Labute approximate surface area is 257 Å². The van der Waals surface area contributed by atoms with E-state index in [0.29, 0.717) is 11.1 Å². The van der Waals surface area contributed by atoms with Gasteiger partial charge in [-0.05, 0) is 59.4 Å². The van der Waals surface area contributed by atoms with Crippen LogP contribution in [0.5, 0.6) is 34.5 Å². The summed E-state index contributed by atoms with van der Waals surface area (Å²) in [5.74, 6) is -8.10. The van der Waals surface area contributed by atoms with Gasteiger partial charge < -0.3 is 30.6 Å². The van der Waals surface area contributed by atoms with Crippen molar-refractivity contribution in [2.45, 2.75) is 25.7 Å². The highest BCUT2D eigenvalue weighted by atomic mass is 35.5. The molecule has 6 rings (SSSR count). The molecule has 0 saturated carbocycles. The quantitative estimate of drug-likeness (QED) is 0.127. The summed E-state index contributed by atoms with van der Waals surface area (Å²) in [6, 6.07) is 5.83. The lowest BCUT2D eigenvalue weighted by Crippen LogP contribution is -2.30. The van der Waals surface area contributed by atoms with Crippen LogP contribution in [0.15, 0.2) is 24.3 Å². The van der Waals surface area contributed by atoms with E-state index in [-0.39, 0.29) is 33.4 Å². The van der Waals surface area contributed by atoms with E-state index < -0.39 is 89.1 Å². The number of ketones is 2. The van der Waals surface area contributed by atoms with Crippen LogP contribution in [0.25, 0.3) is 0 Å². The lowest BCUT2D eigenvalue weighted by molar-refractivity contribution is 0.101. The molecule has 0 amide bonds. The van der Waals surface area contributed by atoms with Crippen molar-refractivity contribution in [3.05, 3.63) is 100.0 Å². The number of benzene rings is 4. The summed E-state index contributed by atoms with van der Waals surface area (Å²) in [7, 11) is 0. The second-order valence-corrected chi connectivity index (χ2v) is 11.8. The normalized spacial score (nSPS) is 17.0. The number of aromatic hydroxyl groups is 6. The van der Waals surface area contributed by atoms with Crippen LogP contribution >= 0.6 is 46.4 Å². The molecule has 0 aromatic heterocycles. The van der Waals surface area contributed by atoms with E-state index in [2.05, 4.69) is 0 Å². The zero-order chi connectivity index (χ0) is 30.7. The number of rotatable bonds is 1. The van der Waals surface area contributed by atoms with Gasteiger partial charge in [0.05, 0.1) is 32.3 Å². The maximum Gasteiger partial charge on any atom is 0.201 e. The van der Waals surface area contributed by atoms with Crippen molar-refractivity contribution < 1.29 is 40.2 Å². The van der Waals surface area contributed by atoms with Crippen molar-refractivity contribution >= 4 is 58.0 Å². The van der Waals surface area contributed by atoms with Crippen LogP contribution in [-0.2, 0) is 0 Å². The number of phenolic OH excluding ortho intramolecular Hbond substituents is 6. The molecule has 6 N–H and O–H groups in total. The summed E-state index contributed by atoms with van der Waals surface area (Å²) in [4.78, 5) is 27.7. The Balaban J connectivity index is 1.88. The highest BCUT2D eigenvalue weighted by molar-refractivity contribution is 6.41. The fourth-order valence-corrected chi connectivity index (χ4v) is 7.33. The molecule has 8 nitrogen and oxygen atoms in total. The molecule has 0 aliphatic heterocycles. The molecular formula is C30H18Cl4O8. The van der Waals surface area contributed by atoms with E-state index in [0.717, 1.165) is 0 Å². The molecule has 2 aliphatic rings. The summed E-state index contributed by atoms with van der Waals surface area (Å²) in [6.07, 6.45) is 0. The lowest BCUT2D eigenvalue weighted by Gasteiger charge is -2.39. The summed E-state index contributed by atoms with van der Waals surface area (Å²) in [5.41, 5.74) is -0.184. The maximum atomic E-state index is 13.8. The zero-order valence-electron chi connectivity index (χ0n) is 21.5. The fraction of sp³-hybridized carbons (Fsp3) is 0.133. The van der Waals surface area contributed by atoms with Crippen LogP contribution in [0.4, 0.5) is 0 Å². The Kier molecular flexibility index (Phi) is 6.30. The standard InChI is InChI=1S/C30H18Cl4O8/c1-7-3-9-13(11(35)5-7)25(37)19-17(21(31)29(41)23(33)27(19)39)15(9)16-10-4-8(2)6-12(36)14(10)26(38)20-18(16)22(32)30(42)24(34)28(20)40/h3-6,15-16,35-36,39-42H,1-2H3/t15-,16-/m1/s1. The van der Waals surface area contributed by atoms with Crippen molar-refractivity contribution in [1.82, 2.24) is 0 Å². The van der Waals surface area contributed by atoms with Crippen LogP contribution in [0.3, 0.4) is 0 Å². The second kappa shape index (κ2) is 9.34. The predicted octanol–water partition coefficient (Wildman–Crippen LogP) is 7.20. The van der Waals surface area contributed by atoms with Gasteiger partial charge in [-0.3, -0.25) is 9.59 Å². The Bertz CT molecular complexity index is 1830. The molecule has 12 heteroatoms. The van der Waals surface area contributed by atoms with Crippen LogP contribution in [0.2, 0.25) is 20.1 Å². The minimum Gasteiger partial charge on any atom is -0.507 e. The molecule has 0 saturated heterocycles. The number of carbonyl (C=O) groups is 2. The van der Waals surface area contributed by atoms with Crippen molar-refractivity contribution in [2.75, 3.05) is 0 Å². The third-order valence-corrected chi connectivity index (χ3v) is 9.33. The number of hydrogen-bond donors (Lipinski definition) is 6. The van der Waals surface area contributed by atoms with Gasteiger partial charge in [-0.25, -0.2) is 0 Å². The summed E-state index contributed by atoms with van der Waals surface area (Å²) >= 11 is 25.6. The Hall–Kier alpha value is -3.82. The zero-order valence-corrected chi connectivity index (χ0v) is 24.5. The number of phenols is 6. The third-order valence-electron chi connectivity index (χ3n) is 7.85. The predicted molar refractivity (Wildman–Crippen MR) is 156 cm³/mol. The van der Waals surface area contributed by atoms with Gasteiger partial charge in [-0.1, -0.05) is 58.5 Å². The fourth-order valence-electron chi connectivity index (χ4n) is 6.24. The van der Waals surface area contributed by atoms with E-state index in [1.54, 1.807) is 26.0 Å². The van der Waals surface area contributed by atoms with Gasteiger partial charge in [0.2, 0.25) is 11.6 Å². The average molecular weight is 648 g/mol. The highest BCUT2D eigenvalue weighted by Crippen LogP contribution is 2.62. The number of carbonyl (C=O) groups excluding carboxylic acids is 2. The van der Waals surface area contributed by atoms with Crippen LogP contribution in [0, 0.1) is 13.8 Å². The van der Waals surface area contributed by atoms with Gasteiger partial charge in [0.1, 0.15) is 33.0 Å². The van der Waals surface area contributed by atoms with E-state index in [4.69, 9.17) is 46.4 Å². The Morgan fingerprint density at radius 2 is 0.833 bits per heavy atom. The first-order valence-electron chi connectivity index (χ1n) is 12.3. The van der Waals surface area contributed by atoms with Gasteiger partial charge in [0.25, 0.3) is 0 Å². The Morgan fingerprint density at radius 1 is 0.500 bits per heavy atom. The first-order valence-corrected chi connectivity index (χ1v) is 13.8. The number of halogens is 4. The molecule has 4 aromatic carbocycles. The highest BCUT2D eigenvalue weighted by Gasteiger charge is 2.49. The topological polar surface area (TPSA) is 156 Å². The molecule has 42 heavy (non-hydrogen) atoms. The first kappa shape index (κ1) is 28.3. The molecule has 2 atom stereocenters. The van der Waals surface area contributed by atoms with Crippen molar-refractivity contribution in [2.24, 2.45) is 0 Å². The van der Waals surface area contributed by atoms with E-state index in [1.807, 2.05) is 0 Å². The van der Waals surface area contributed by atoms with Crippen LogP contribution in [-0.4, -0.2) is 42.2 Å². The molecule has 0 heterocycles. The van der Waals surface area contributed by atoms with E-state index >= 15 is 0 Å². The minimum absolute atomic E-state index is 0.124. The van der Waals surface area contributed by atoms with Crippen molar-refractivity contribution in [1.29, 1.82) is 0 Å². The molecule has 0 bridgehead atoms. The average Bonchev–Trinajstić information content (AvgIpc) is 2.92. The van der Waals surface area contributed by atoms with Crippen LogP contribution < -0.4 is 0 Å². The third kappa shape index (κ3) is 3.56. The second-order valence-electron chi connectivity index (χ2n) is 10.3. The largest absolute Gasteiger partial charge is 0.507 e. The van der Waals surface area contributed by atoms with E-state index in [9.17, 15) is 40.2 Å². The Morgan fingerprint density at radius 3 is 1.17 bits per heavy atom. The van der Waals surface area contributed by atoms with Gasteiger partial charge in [0, 0.05) is 11.8 Å². The molecule has 0 unspecified atom stereocenters. The van der Waals surface area contributed by atoms with Crippen molar-refractivity contribution in [3.63, 3.8) is 0 Å². The summed E-state index contributed by atoms with van der Waals surface area (Å²) < 4.78 is 0. The first-order chi connectivity index (χ1) is 19.7. The summed E-state index contributed by atoms with van der Waals surface area (Å²) in [6.45, 7) is 3.31. The number of hydrogen-bond acceptors (Lipinski definition) is 8. The maximum absolute atomic E-state index is 13.8. The minimum atomic E-state index is -1.23. The molecule has 4 aromatic rings. The van der Waals surface area contributed by atoms with E-state index in [1.165, 1.54) is 12.1 Å². The summed E-state index contributed by atoms with van der Waals surface area (Å²) in [5, 5.41) is 63.6. The van der Waals surface area contributed by atoms with Crippen LogP contribution in [0.1, 0.15) is 77.1 Å². The number of fused-ring (bicyclic) bond motifs is 4. The van der Waals surface area contributed by atoms with Gasteiger partial charge in [-0.15, -0.1) is 0 Å². The molecule has 214 valence electrons. The van der Waals surface area contributed by atoms with Crippen molar-refractivity contribution in [3.8, 4) is 34.5 Å². The SMILES string of the molecule is Cc1cc(O)c2c(c1)[C@H]([C@H]1c3cc(C)cc(O)c3C(=O)c3c(O)c(Cl)c(O)c(Cl)c31)c1c(Cl)c(O)c(Cl)c(O)c1C2=O. The van der Waals surface area contributed by atoms with Gasteiger partial charge in [-0.2, -0.15) is 0 Å². The molecule has 0 radical (unpaired) electrons. The van der Waals surface area contributed by atoms with Gasteiger partial charge >= 0.3 is 0 Å².